The van der Waals surface area contributed by atoms with Crippen LogP contribution in [0, 0.1) is 16.7 Å². The molecule has 4 aliphatic carbocycles. The minimum atomic E-state index is -2.06. The van der Waals surface area contributed by atoms with Gasteiger partial charge >= 0.3 is 5.97 Å². The first-order chi connectivity index (χ1) is 31.2. The molecule has 7 aliphatic rings. The van der Waals surface area contributed by atoms with Gasteiger partial charge in [0, 0.05) is 46.3 Å². The summed E-state index contributed by atoms with van der Waals surface area (Å²) in [6.45, 7) is 10.3. The van der Waals surface area contributed by atoms with Crippen LogP contribution in [-0.4, -0.2) is 173 Å². The molecule has 0 amide bonds. The fourth-order valence-corrected chi connectivity index (χ4v) is 13.1. The molecule has 3 aliphatic heterocycles. The van der Waals surface area contributed by atoms with E-state index in [0.717, 1.165) is 5.57 Å². The molecule has 21 atom stereocenters. The van der Waals surface area contributed by atoms with Gasteiger partial charge < -0.3 is 72.9 Å². The number of methoxy groups -OCH3 is 3. The number of esters is 1. The van der Waals surface area contributed by atoms with E-state index in [0.29, 0.717) is 32.1 Å². The second-order valence-electron chi connectivity index (χ2n) is 20.3. The van der Waals surface area contributed by atoms with Gasteiger partial charge in [0.05, 0.1) is 42.0 Å². The van der Waals surface area contributed by atoms with E-state index >= 15 is 0 Å². The second kappa shape index (κ2) is 18.7. The van der Waals surface area contributed by atoms with E-state index in [1.807, 2.05) is 19.9 Å². The molecule has 6 fully saturated rings. The van der Waals surface area contributed by atoms with Gasteiger partial charge in [-0.05, 0) is 97.1 Å². The molecular formula is C48H71NO17. The Morgan fingerprint density at radius 1 is 0.773 bits per heavy atom. The Hall–Kier alpha value is -2.53. The van der Waals surface area contributed by atoms with Gasteiger partial charge in [0.1, 0.15) is 59.1 Å². The second-order valence-corrected chi connectivity index (χ2v) is 20.3. The van der Waals surface area contributed by atoms with E-state index in [-0.39, 0.29) is 37.5 Å². The number of carbonyl (C=O) groups is 2. The fourth-order valence-electron chi connectivity index (χ4n) is 13.1. The lowest BCUT2D eigenvalue weighted by Crippen LogP contribution is -2.78. The highest BCUT2D eigenvalue weighted by Crippen LogP contribution is 2.71. The summed E-state index contributed by atoms with van der Waals surface area (Å²) in [5, 5.41) is 59.2. The standard InChI is InChI=1S/C48H71NO17/c1-24-37(51)41(59-9)38(52)43(62-24)66-40-26(3)61-36(22-32(40)58-8)65-39-25(2)60-35(21-31(39)57-7)63-29-14-15-44(5)28(20-29)13-16-47(55)33(44)23-34(64-42(53)30-12-10-11-19-49-30)45(6)46(54,27(4)50)17-18-48(45,47)56/h10-13,19,24-26,29,31-41,43,51-52,54-56H,14-18,20-23H2,1-9H3/t24-,25-,26-,29+,31+,32+,33?,34-,35+,36+,37-,38-,39-,40-,41-,43+,44+,45-,46-,47+,48-/m1/s1. The average molecular weight is 934 g/mol. The number of ketones is 1. The number of ether oxygens (including phenoxy) is 10. The number of hydrogen-bond acceptors (Lipinski definition) is 18. The third-order valence-corrected chi connectivity index (χ3v) is 17.1. The Morgan fingerprint density at radius 3 is 2.03 bits per heavy atom. The quantitative estimate of drug-likeness (QED) is 0.150. The van der Waals surface area contributed by atoms with Gasteiger partial charge in [0.2, 0.25) is 0 Å². The summed E-state index contributed by atoms with van der Waals surface area (Å²) >= 11 is 0. The van der Waals surface area contributed by atoms with Crippen LogP contribution in [0.5, 0.6) is 0 Å². The van der Waals surface area contributed by atoms with Gasteiger partial charge in [-0.3, -0.25) is 4.79 Å². The molecule has 3 saturated heterocycles. The van der Waals surface area contributed by atoms with Gasteiger partial charge in [-0.15, -0.1) is 0 Å². The molecule has 8 rings (SSSR count). The number of aromatic nitrogens is 1. The number of fused-ring (bicyclic) bond motifs is 5. The summed E-state index contributed by atoms with van der Waals surface area (Å²) in [7, 11) is 4.60. The first-order valence-electron chi connectivity index (χ1n) is 23.6. The van der Waals surface area contributed by atoms with E-state index in [1.54, 1.807) is 40.2 Å². The summed E-state index contributed by atoms with van der Waals surface area (Å²) in [4.78, 5) is 31.0. The van der Waals surface area contributed by atoms with Gasteiger partial charge in [0.15, 0.2) is 24.7 Å². The minimum Gasteiger partial charge on any atom is -0.457 e. The van der Waals surface area contributed by atoms with Crippen molar-refractivity contribution in [2.75, 3.05) is 21.3 Å². The molecule has 4 heterocycles. The Bertz CT molecular complexity index is 1940. The van der Waals surface area contributed by atoms with Crippen molar-refractivity contribution in [1.29, 1.82) is 0 Å². The molecule has 0 bridgehead atoms. The Labute approximate surface area is 386 Å². The first-order valence-corrected chi connectivity index (χ1v) is 23.6. The summed E-state index contributed by atoms with van der Waals surface area (Å²) in [5.41, 5.74) is -7.06. The molecule has 18 nitrogen and oxygen atoms in total. The van der Waals surface area contributed by atoms with Crippen LogP contribution in [0.4, 0.5) is 0 Å². The molecule has 370 valence electrons. The minimum absolute atomic E-state index is 0.0542. The van der Waals surface area contributed by atoms with Crippen LogP contribution in [0.15, 0.2) is 36.0 Å². The molecule has 0 spiro atoms. The summed E-state index contributed by atoms with van der Waals surface area (Å²) < 4.78 is 61.5. The van der Waals surface area contributed by atoms with Crippen molar-refractivity contribution in [3.8, 4) is 0 Å². The zero-order valence-corrected chi connectivity index (χ0v) is 39.6. The van der Waals surface area contributed by atoms with Crippen molar-refractivity contribution in [1.82, 2.24) is 4.98 Å². The predicted octanol–water partition coefficient (Wildman–Crippen LogP) is 2.67. The van der Waals surface area contributed by atoms with Crippen molar-refractivity contribution in [2.45, 2.75) is 208 Å². The summed E-state index contributed by atoms with van der Waals surface area (Å²) in [6.07, 6.45) is -4.82. The molecule has 1 unspecified atom stereocenters. The zero-order chi connectivity index (χ0) is 47.7. The fraction of sp³-hybridized carbons (Fsp3) is 0.812. The van der Waals surface area contributed by atoms with Crippen LogP contribution in [0.1, 0.15) is 110 Å². The van der Waals surface area contributed by atoms with Gasteiger partial charge in [-0.2, -0.15) is 0 Å². The molecule has 5 N–H and O–H groups in total. The summed E-state index contributed by atoms with van der Waals surface area (Å²) in [5.74, 6) is -1.90. The number of aliphatic hydroxyl groups is 5. The molecular weight excluding hydrogens is 863 g/mol. The average Bonchev–Trinajstić information content (AvgIpc) is 3.52. The van der Waals surface area contributed by atoms with E-state index < -0.39 is 131 Å². The number of rotatable bonds is 12. The largest absolute Gasteiger partial charge is 0.457 e. The maximum absolute atomic E-state index is 13.6. The molecule has 1 aromatic rings. The lowest BCUT2D eigenvalue weighted by molar-refractivity contribution is -0.352. The lowest BCUT2D eigenvalue weighted by atomic mass is 9.42. The van der Waals surface area contributed by atoms with Crippen molar-refractivity contribution < 1.29 is 82.5 Å². The molecule has 3 saturated carbocycles. The van der Waals surface area contributed by atoms with E-state index in [1.165, 1.54) is 26.3 Å². The highest BCUT2D eigenvalue weighted by atomic mass is 16.8. The topological polar surface area (TPSA) is 240 Å². The molecule has 0 radical (unpaired) electrons. The highest BCUT2D eigenvalue weighted by molar-refractivity contribution is 5.89. The van der Waals surface area contributed by atoms with Crippen molar-refractivity contribution in [3.05, 3.63) is 41.7 Å². The van der Waals surface area contributed by atoms with Gasteiger partial charge in [-0.25, -0.2) is 9.78 Å². The number of Topliss-reactive ketones (excluding diaryl/α,β-unsaturated/α-hetero) is 1. The molecule has 18 heteroatoms. The maximum atomic E-state index is 13.6. The van der Waals surface area contributed by atoms with Crippen LogP contribution < -0.4 is 0 Å². The maximum Gasteiger partial charge on any atom is 0.357 e. The monoisotopic (exact) mass is 933 g/mol. The summed E-state index contributed by atoms with van der Waals surface area (Å²) in [6, 6.07) is 4.86. The smallest absolute Gasteiger partial charge is 0.357 e. The number of hydrogen-bond donors (Lipinski definition) is 5. The van der Waals surface area contributed by atoms with Crippen LogP contribution in [0.3, 0.4) is 0 Å². The van der Waals surface area contributed by atoms with Crippen LogP contribution in [-0.2, 0) is 52.2 Å². The Balaban J connectivity index is 0.925. The van der Waals surface area contributed by atoms with Crippen LogP contribution >= 0.6 is 0 Å². The Morgan fingerprint density at radius 2 is 1.42 bits per heavy atom. The number of nitrogens with zero attached hydrogens (tertiary/aromatic N) is 1. The van der Waals surface area contributed by atoms with E-state index in [4.69, 9.17) is 47.4 Å². The zero-order valence-electron chi connectivity index (χ0n) is 39.6. The third-order valence-electron chi connectivity index (χ3n) is 17.1. The highest BCUT2D eigenvalue weighted by Gasteiger charge is 2.81. The number of carbonyl (C=O) groups excluding carboxylic acids is 2. The lowest BCUT2D eigenvalue weighted by Gasteiger charge is -2.67. The SMILES string of the molecule is CO[C@H]1[C@@H](O)[C@H](O[C@H]2[C@@H](OC)C[C@H](O[C@H]3[C@@H](OC)C[C@H](O[C@H]4CC[C@@]5(C)C(=CC[C@]6(O)C5C[C@@H](OC(=O)c5ccccn5)[C@@]5(C)[C@]6(O)CC[C@@]5(O)C(C)=O)C4)O[C@@H]3C)O[C@@H]2C)O[C@H](C)[C@H]1O. The molecule has 66 heavy (non-hydrogen) atoms. The number of pyridine rings is 1. The Kier molecular flexibility index (Phi) is 14.1. The van der Waals surface area contributed by atoms with E-state index in [9.17, 15) is 35.1 Å². The van der Waals surface area contributed by atoms with E-state index in [2.05, 4.69) is 11.9 Å². The normalized spacial score (nSPS) is 49.2. The first kappa shape index (κ1) is 49.9. The van der Waals surface area contributed by atoms with Crippen molar-refractivity contribution >= 4 is 11.8 Å². The van der Waals surface area contributed by atoms with Crippen LogP contribution in [0.25, 0.3) is 0 Å². The predicted molar refractivity (Wildman–Crippen MR) is 230 cm³/mol. The van der Waals surface area contributed by atoms with Crippen molar-refractivity contribution in [2.24, 2.45) is 16.7 Å². The van der Waals surface area contributed by atoms with Crippen LogP contribution in [0.2, 0.25) is 0 Å². The van der Waals surface area contributed by atoms with Gasteiger partial charge in [-0.1, -0.05) is 24.6 Å². The van der Waals surface area contributed by atoms with Gasteiger partial charge in [0.25, 0.3) is 0 Å². The molecule has 1 aromatic heterocycles. The third kappa shape index (κ3) is 8.01. The molecule has 0 aromatic carbocycles. The van der Waals surface area contributed by atoms with Crippen molar-refractivity contribution in [3.63, 3.8) is 0 Å². The number of aliphatic hydroxyl groups excluding tert-OH is 2.